The Labute approximate surface area is 198 Å². The maximum atomic E-state index is 12.6. The van der Waals surface area contributed by atoms with E-state index in [1.807, 2.05) is 60.0 Å². The van der Waals surface area contributed by atoms with Crippen molar-refractivity contribution in [2.75, 3.05) is 5.75 Å². The summed E-state index contributed by atoms with van der Waals surface area (Å²) in [6.07, 6.45) is 5.34. The van der Waals surface area contributed by atoms with Crippen LogP contribution >= 0.6 is 11.8 Å². The summed E-state index contributed by atoms with van der Waals surface area (Å²) in [6.45, 7) is 4.10. The van der Waals surface area contributed by atoms with Crippen LogP contribution in [0.5, 0.6) is 0 Å². The Morgan fingerprint density at radius 1 is 1.03 bits per heavy atom. The third-order valence-electron chi connectivity index (χ3n) is 5.36. The van der Waals surface area contributed by atoms with Crippen molar-refractivity contribution in [3.63, 3.8) is 0 Å². The van der Waals surface area contributed by atoms with Crippen LogP contribution < -0.4 is 5.32 Å². The van der Waals surface area contributed by atoms with E-state index in [-0.39, 0.29) is 17.7 Å². The highest BCUT2D eigenvalue weighted by Crippen LogP contribution is 2.29. The SMILES string of the molecule is Cc1ccccc1-n1c(SCC(=O)N[C@@H](C)CCc2ccccc2)nnc1-c1cccnc1. The Hall–Kier alpha value is -3.45. The standard InChI is InChI=1S/C26H27N5OS/c1-19-9-6-7-13-23(19)31-25(22-12-8-16-27-17-22)29-30-26(31)33-18-24(32)28-20(2)14-15-21-10-4-3-5-11-21/h3-13,16-17,20H,14-15,18H2,1-2H3,(H,28,32)/t20-/m0/s1. The number of aromatic nitrogens is 4. The van der Waals surface area contributed by atoms with Gasteiger partial charge in [0.15, 0.2) is 11.0 Å². The molecule has 0 spiro atoms. The normalized spacial score (nSPS) is 11.8. The summed E-state index contributed by atoms with van der Waals surface area (Å²) in [7, 11) is 0. The lowest BCUT2D eigenvalue weighted by molar-refractivity contribution is -0.119. The Balaban J connectivity index is 1.45. The molecule has 0 aliphatic rings. The molecule has 0 unspecified atom stereocenters. The molecule has 0 aliphatic heterocycles. The molecule has 0 saturated carbocycles. The van der Waals surface area contributed by atoms with Crippen molar-refractivity contribution in [2.45, 2.75) is 37.9 Å². The molecule has 7 heteroatoms. The van der Waals surface area contributed by atoms with Crippen molar-refractivity contribution in [3.8, 4) is 17.1 Å². The fourth-order valence-electron chi connectivity index (χ4n) is 3.62. The number of para-hydroxylation sites is 1. The molecule has 4 aromatic rings. The first-order valence-corrected chi connectivity index (χ1v) is 12.0. The number of amides is 1. The van der Waals surface area contributed by atoms with Gasteiger partial charge in [-0.1, -0.05) is 60.3 Å². The number of pyridine rings is 1. The molecule has 0 aliphatic carbocycles. The molecule has 1 N–H and O–H groups in total. The van der Waals surface area contributed by atoms with Gasteiger partial charge in [0.2, 0.25) is 5.91 Å². The number of benzene rings is 2. The van der Waals surface area contributed by atoms with Crippen molar-refractivity contribution in [3.05, 3.63) is 90.3 Å². The highest BCUT2D eigenvalue weighted by molar-refractivity contribution is 7.99. The van der Waals surface area contributed by atoms with Crippen molar-refractivity contribution >= 4 is 17.7 Å². The van der Waals surface area contributed by atoms with E-state index in [1.54, 1.807) is 12.4 Å². The summed E-state index contributed by atoms with van der Waals surface area (Å²) >= 11 is 1.39. The summed E-state index contributed by atoms with van der Waals surface area (Å²) in [5, 5.41) is 12.6. The van der Waals surface area contributed by atoms with Crippen LogP contribution in [0.25, 0.3) is 17.1 Å². The van der Waals surface area contributed by atoms with Gasteiger partial charge in [0.05, 0.1) is 11.4 Å². The van der Waals surface area contributed by atoms with Gasteiger partial charge in [0.25, 0.3) is 0 Å². The molecule has 2 aromatic heterocycles. The number of carbonyl (C=O) groups is 1. The highest BCUT2D eigenvalue weighted by atomic mass is 32.2. The minimum atomic E-state index is -0.0113. The van der Waals surface area contributed by atoms with Crippen LogP contribution in [-0.2, 0) is 11.2 Å². The first-order valence-electron chi connectivity index (χ1n) is 11.0. The number of rotatable bonds is 9. The van der Waals surface area contributed by atoms with E-state index < -0.39 is 0 Å². The second kappa shape index (κ2) is 10.9. The van der Waals surface area contributed by atoms with E-state index >= 15 is 0 Å². The summed E-state index contributed by atoms with van der Waals surface area (Å²) in [6, 6.07) is 22.3. The average molecular weight is 458 g/mol. The quantitative estimate of drug-likeness (QED) is 0.363. The lowest BCUT2D eigenvalue weighted by Gasteiger charge is -2.15. The van der Waals surface area contributed by atoms with Gasteiger partial charge in [-0.3, -0.25) is 14.3 Å². The predicted molar refractivity (Wildman–Crippen MR) is 132 cm³/mol. The van der Waals surface area contributed by atoms with Crippen LogP contribution in [-0.4, -0.2) is 37.5 Å². The largest absolute Gasteiger partial charge is 0.353 e. The second-order valence-electron chi connectivity index (χ2n) is 7.95. The predicted octanol–water partition coefficient (Wildman–Crippen LogP) is 4.87. The van der Waals surface area contributed by atoms with Crippen LogP contribution in [0, 0.1) is 6.92 Å². The molecule has 1 atom stereocenters. The van der Waals surface area contributed by atoms with Gasteiger partial charge in [-0.25, -0.2) is 0 Å². The van der Waals surface area contributed by atoms with E-state index in [1.165, 1.54) is 17.3 Å². The van der Waals surface area contributed by atoms with Crippen molar-refractivity contribution in [2.24, 2.45) is 0 Å². The minimum Gasteiger partial charge on any atom is -0.353 e. The number of hydrogen-bond acceptors (Lipinski definition) is 5. The van der Waals surface area contributed by atoms with Gasteiger partial charge >= 0.3 is 0 Å². The molecule has 4 rings (SSSR count). The second-order valence-corrected chi connectivity index (χ2v) is 8.89. The monoisotopic (exact) mass is 457 g/mol. The topological polar surface area (TPSA) is 72.7 Å². The van der Waals surface area contributed by atoms with Crippen LogP contribution in [0.3, 0.4) is 0 Å². The summed E-state index contributed by atoms with van der Waals surface area (Å²) in [5.41, 5.74) is 4.24. The van der Waals surface area contributed by atoms with Gasteiger partial charge in [0.1, 0.15) is 0 Å². The van der Waals surface area contributed by atoms with E-state index in [0.29, 0.717) is 11.0 Å². The van der Waals surface area contributed by atoms with Crippen LogP contribution in [0.4, 0.5) is 0 Å². The van der Waals surface area contributed by atoms with E-state index in [0.717, 1.165) is 29.7 Å². The van der Waals surface area contributed by atoms with E-state index in [2.05, 4.69) is 45.6 Å². The fourth-order valence-corrected chi connectivity index (χ4v) is 4.38. The number of hydrogen-bond donors (Lipinski definition) is 1. The number of aryl methyl sites for hydroxylation is 2. The molecule has 168 valence electrons. The molecule has 2 heterocycles. The number of nitrogens with one attached hydrogen (secondary N) is 1. The molecule has 0 saturated heterocycles. The fraction of sp³-hybridized carbons (Fsp3) is 0.231. The Kier molecular flexibility index (Phi) is 7.52. The molecule has 33 heavy (non-hydrogen) atoms. The van der Waals surface area contributed by atoms with Gasteiger partial charge in [-0.05, 0) is 56.0 Å². The van der Waals surface area contributed by atoms with E-state index in [4.69, 9.17) is 0 Å². The van der Waals surface area contributed by atoms with Crippen LogP contribution in [0.2, 0.25) is 0 Å². The smallest absolute Gasteiger partial charge is 0.230 e. The number of carbonyl (C=O) groups excluding carboxylic acids is 1. The lowest BCUT2D eigenvalue weighted by atomic mass is 10.1. The summed E-state index contributed by atoms with van der Waals surface area (Å²) in [5.74, 6) is 0.964. The average Bonchev–Trinajstić information content (AvgIpc) is 3.27. The third-order valence-corrected chi connectivity index (χ3v) is 6.29. The zero-order valence-corrected chi connectivity index (χ0v) is 19.6. The maximum Gasteiger partial charge on any atom is 0.230 e. The maximum absolute atomic E-state index is 12.6. The zero-order valence-electron chi connectivity index (χ0n) is 18.8. The minimum absolute atomic E-state index is 0.0113. The van der Waals surface area contributed by atoms with Crippen LogP contribution in [0.15, 0.2) is 84.3 Å². The van der Waals surface area contributed by atoms with Crippen LogP contribution in [0.1, 0.15) is 24.5 Å². The molecule has 0 radical (unpaired) electrons. The molecule has 0 bridgehead atoms. The Bertz CT molecular complexity index is 1190. The molecule has 0 fully saturated rings. The van der Waals surface area contributed by atoms with Crippen molar-refractivity contribution in [1.82, 2.24) is 25.1 Å². The van der Waals surface area contributed by atoms with Gasteiger partial charge in [0, 0.05) is 24.0 Å². The molecule has 6 nitrogen and oxygen atoms in total. The number of nitrogens with zero attached hydrogens (tertiary/aromatic N) is 4. The third kappa shape index (κ3) is 5.87. The van der Waals surface area contributed by atoms with Gasteiger partial charge < -0.3 is 5.32 Å². The van der Waals surface area contributed by atoms with Crippen molar-refractivity contribution < 1.29 is 4.79 Å². The first kappa shape index (κ1) is 22.7. The summed E-state index contributed by atoms with van der Waals surface area (Å²) < 4.78 is 2.00. The lowest BCUT2D eigenvalue weighted by Crippen LogP contribution is -2.34. The summed E-state index contributed by atoms with van der Waals surface area (Å²) in [4.78, 5) is 16.9. The zero-order chi connectivity index (χ0) is 23.0. The van der Waals surface area contributed by atoms with Crippen molar-refractivity contribution in [1.29, 1.82) is 0 Å². The number of thioether (sulfide) groups is 1. The van der Waals surface area contributed by atoms with Gasteiger partial charge in [-0.2, -0.15) is 0 Å². The molecule has 2 aromatic carbocycles. The molecular weight excluding hydrogens is 430 g/mol. The molecular formula is C26H27N5OS. The highest BCUT2D eigenvalue weighted by Gasteiger charge is 2.19. The van der Waals surface area contributed by atoms with Gasteiger partial charge in [-0.15, -0.1) is 10.2 Å². The Morgan fingerprint density at radius 3 is 2.58 bits per heavy atom. The first-order chi connectivity index (χ1) is 16.1. The molecule has 1 amide bonds. The van der Waals surface area contributed by atoms with E-state index in [9.17, 15) is 4.79 Å². The Morgan fingerprint density at radius 2 is 1.82 bits per heavy atom.